The third-order valence-corrected chi connectivity index (χ3v) is 4.40. The number of rotatable bonds is 10. The molecule has 2 rings (SSSR count). The lowest BCUT2D eigenvalue weighted by Crippen LogP contribution is -2.43. The lowest BCUT2D eigenvalue weighted by molar-refractivity contribution is -0.118. The summed E-state index contributed by atoms with van der Waals surface area (Å²) in [5.41, 5.74) is 7.81. The summed E-state index contributed by atoms with van der Waals surface area (Å²) in [5, 5.41) is 13.1. The molecule has 2 aromatic rings. The third-order valence-electron chi connectivity index (χ3n) is 3.96. The maximum absolute atomic E-state index is 12.8. The van der Waals surface area contributed by atoms with Crippen LogP contribution in [0.25, 0.3) is 11.3 Å². The molecule has 0 fully saturated rings. The Morgan fingerprint density at radius 1 is 1.43 bits per heavy atom. The van der Waals surface area contributed by atoms with Gasteiger partial charge in [0.1, 0.15) is 5.75 Å². The molecule has 0 spiro atoms. The van der Waals surface area contributed by atoms with E-state index in [0.717, 1.165) is 17.5 Å². The van der Waals surface area contributed by atoms with Gasteiger partial charge in [-0.25, -0.2) is 4.98 Å². The van der Waals surface area contributed by atoms with E-state index in [1.807, 2.05) is 6.07 Å². The largest absolute Gasteiger partial charge is 0.496 e. The number of carbonyl (C=O) groups excluding carboxylic acids is 1. The Morgan fingerprint density at radius 3 is 2.82 bits per heavy atom. The first kappa shape index (κ1) is 21.8. The summed E-state index contributed by atoms with van der Waals surface area (Å²) in [6.07, 6.45) is 3.63. The smallest absolute Gasteiger partial charge is 0.241 e. The van der Waals surface area contributed by atoms with Crippen molar-refractivity contribution >= 4 is 23.5 Å². The number of hydrogen-bond donors (Lipinski definition) is 4. The predicted molar refractivity (Wildman–Crippen MR) is 112 cm³/mol. The van der Waals surface area contributed by atoms with Crippen molar-refractivity contribution in [2.45, 2.75) is 26.3 Å². The van der Waals surface area contributed by atoms with Gasteiger partial charge in [-0.2, -0.15) is 0 Å². The summed E-state index contributed by atoms with van der Waals surface area (Å²) in [6.45, 7) is 4.50. The van der Waals surface area contributed by atoms with E-state index in [9.17, 15) is 4.79 Å². The molecule has 0 saturated heterocycles. The Hall–Kier alpha value is -2.49. The van der Waals surface area contributed by atoms with E-state index >= 15 is 0 Å². The van der Waals surface area contributed by atoms with Crippen LogP contribution in [0.4, 0.5) is 5.69 Å². The average molecular weight is 406 g/mol. The minimum atomic E-state index is -0.394. The molecular weight excluding hydrogens is 378 g/mol. The van der Waals surface area contributed by atoms with Crippen LogP contribution in [0.3, 0.4) is 0 Å². The topological polar surface area (TPSA) is 128 Å². The third kappa shape index (κ3) is 6.29. The average Bonchev–Trinajstić information content (AvgIpc) is 3.19. The Balaban J connectivity index is 2.12. The van der Waals surface area contributed by atoms with Crippen LogP contribution in [0.1, 0.15) is 20.3 Å². The van der Waals surface area contributed by atoms with Crippen LogP contribution >= 0.6 is 11.9 Å². The Kier molecular flexibility index (Phi) is 8.37. The highest BCUT2D eigenvalue weighted by Gasteiger charge is 2.20. The van der Waals surface area contributed by atoms with E-state index in [1.165, 1.54) is 6.39 Å². The van der Waals surface area contributed by atoms with Crippen molar-refractivity contribution in [3.8, 4) is 17.1 Å². The Morgan fingerprint density at radius 2 is 2.21 bits per heavy atom. The molecule has 1 unspecified atom stereocenters. The second-order valence-corrected chi connectivity index (χ2v) is 7.17. The number of methoxy groups -OCH3 is 1. The quantitative estimate of drug-likeness (QED) is 0.444. The Bertz CT molecular complexity index is 793. The number of oxazole rings is 1. The van der Waals surface area contributed by atoms with Gasteiger partial charge in [0.25, 0.3) is 0 Å². The SMILES string of the molecule is COc1cc(NC(=O)C(CC(C)C)NC/C(N)=C/SN)ccc1-c1cnco1. The number of ether oxygens (including phenoxy) is 1. The number of nitrogens with zero attached hydrogens (tertiary/aromatic N) is 1. The maximum atomic E-state index is 12.8. The zero-order valence-corrected chi connectivity index (χ0v) is 17.1. The first-order chi connectivity index (χ1) is 13.4. The van der Waals surface area contributed by atoms with E-state index in [0.29, 0.717) is 41.8 Å². The van der Waals surface area contributed by atoms with Crippen molar-refractivity contribution in [2.24, 2.45) is 16.8 Å². The lowest BCUT2D eigenvalue weighted by Gasteiger charge is -2.20. The molecule has 9 heteroatoms. The number of nitrogens with one attached hydrogen (secondary N) is 2. The number of hydrogen-bond acceptors (Lipinski definition) is 8. The number of benzene rings is 1. The Labute approximate surface area is 169 Å². The molecule has 6 N–H and O–H groups in total. The standard InChI is InChI=1S/C19H27N5O3S/c1-12(2)6-16(23-8-13(20)10-28-21)19(25)24-14-4-5-15(17(7-14)26-3)18-9-22-11-27-18/h4-5,7,9-12,16,23H,6,8,20-21H2,1-3H3,(H,24,25)/b13-10-. The normalized spacial score (nSPS) is 12.8. The molecule has 0 aliphatic carbocycles. The summed E-state index contributed by atoms with van der Waals surface area (Å²) in [7, 11) is 1.56. The molecular formula is C19H27N5O3S. The highest BCUT2D eigenvalue weighted by Crippen LogP contribution is 2.32. The fourth-order valence-corrected chi connectivity index (χ4v) is 2.93. The summed E-state index contributed by atoms with van der Waals surface area (Å²) in [4.78, 5) is 16.7. The maximum Gasteiger partial charge on any atom is 0.241 e. The lowest BCUT2D eigenvalue weighted by atomic mass is 10.0. The molecule has 1 aromatic carbocycles. The first-order valence-corrected chi connectivity index (χ1v) is 9.80. The molecule has 28 heavy (non-hydrogen) atoms. The second-order valence-electron chi connectivity index (χ2n) is 6.66. The van der Waals surface area contributed by atoms with Gasteiger partial charge < -0.3 is 25.5 Å². The zero-order valence-electron chi connectivity index (χ0n) is 16.3. The van der Waals surface area contributed by atoms with E-state index < -0.39 is 6.04 Å². The number of nitrogens with two attached hydrogens (primary N) is 2. The van der Waals surface area contributed by atoms with E-state index in [-0.39, 0.29) is 5.91 Å². The number of aromatic nitrogens is 1. The minimum Gasteiger partial charge on any atom is -0.496 e. The first-order valence-electron chi connectivity index (χ1n) is 8.85. The minimum absolute atomic E-state index is 0.142. The molecule has 1 atom stereocenters. The molecule has 1 amide bonds. The highest BCUT2D eigenvalue weighted by atomic mass is 32.2. The summed E-state index contributed by atoms with van der Waals surface area (Å²) in [6, 6.07) is 4.97. The van der Waals surface area contributed by atoms with Crippen LogP contribution in [-0.4, -0.2) is 30.6 Å². The summed E-state index contributed by atoms with van der Waals surface area (Å²) < 4.78 is 10.8. The van der Waals surface area contributed by atoms with Crippen molar-refractivity contribution in [3.63, 3.8) is 0 Å². The molecule has 1 heterocycles. The van der Waals surface area contributed by atoms with Crippen LogP contribution < -0.4 is 26.2 Å². The zero-order chi connectivity index (χ0) is 20.5. The fraction of sp³-hybridized carbons (Fsp3) is 0.368. The van der Waals surface area contributed by atoms with E-state index in [1.54, 1.807) is 30.8 Å². The van der Waals surface area contributed by atoms with Crippen LogP contribution in [0.5, 0.6) is 5.75 Å². The van der Waals surface area contributed by atoms with Gasteiger partial charge in [0.05, 0.1) is 24.9 Å². The molecule has 0 aliphatic rings. The van der Waals surface area contributed by atoms with Crippen LogP contribution in [-0.2, 0) is 4.79 Å². The van der Waals surface area contributed by atoms with Gasteiger partial charge >= 0.3 is 0 Å². The predicted octanol–water partition coefficient (Wildman–Crippen LogP) is 2.70. The fourth-order valence-electron chi connectivity index (χ4n) is 2.68. The van der Waals surface area contributed by atoms with Crippen LogP contribution in [0, 0.1) is 5.92 Å². The monoisotopic (exact) mass is 405 g/mol. The number of anilines is 1. The van der Waals surface area contributed by atoms with Crippen LogP contribution in [0.15, 0.2) is 46.3 Å². The van der Waals surface area contributed by atoms with Crippen molar-refractivity contribution in [1.82, 2.24) is 10.3 Å². The van der Waals surface area contributed by atoms with Crippen molar-refractivity contribution in [2.75, 3.05) is 19.0 Å². The van der Waals surface area contributed by atoms with E-state index in [2.05, 4.69) is 29.5 Å². The van der Waals surface area contributed by atoms with Crippen molar-refractivity contribution < 1.29 is 13.9 Å². The van der Waals surface area contributed by atoms with Crippen molar-refractivity contribution in [1.29, 1.82) is 0 Å². The van der Waals surface area contributed by atoms with Gasteiger partial charge in [0.15, 0.2) is 12.2 Å². The molecule has 8 nitrogen and oxygen atoms in total. The van der Waals surface area contributed by atoms with Gasteiger partial charge in [0.2, 0.25) is 5.91 Å². The van der Waals surface area contributed by atoms with Crippen LogP contribution in [0.2, 0.25) is 0 Å². The van der Waals surface area contributed by atoms with E-state index in [4.69, 9.17) is 20.0 Å². The van der Waals surface area contributed by atoms with Crippen molar-refractivity contribution in [3.05, 3.63) is 41.9 Å². The molecule has 0 aliphatic heterocycles. The van der Waals surface area contributed by atoms with Gasteiger partial charge in [-0.3, -0.25) is 9.93 Å². The molecule has 1 aromatic heterocycles. The van der Waals surface area contributed by atoms with Gasteiger partial charge in [0, 0.05) is 29.4 Å². The van der Waals surface area contributed by atoms with Gasteiger partial charge in [-0.1, -0.05) is 25.8 Å². The molecule has 0 bridgehead atoms. The molecule has 0 saturated carbocycles. The summed E-state index contributed by atoms with van der Waals surface area (Å²) >= 11 is 1.04. The van der Waals surface area contributed by atoms with Gasteiger partial charge in [-0.05, 0) is 24.5 Å². The highest BCUT2D eigenvalue weighted by molar-refractivity contribution is 8.00. The molecule has 0 radical (unpaired) electrons. The second kappa shape index (κ2) is 10.7. The number of carbonyl (C=O) groups is 1. The molecule has 152 valence electrons. The van der Waals surface area contributed by atoms with Gasteiger partial charge in [-0.15, -0.1) is 0 Å². The summed E-state index contributed by atoms with van der Waals surface area (Å²) in [5.74, 6) is 1.36. The number of amides is 1.